The van der Waals surface area contributed by atoms with Crippen molar-refractivity contribution >= 4 is 33.9 Å². The summed E-state index contributed by atoms with van der Waals surface area (Å²) in [5.74, 6) is 1.88. The molecule has 1 unspecified atom stereocenters. The number of imidazole rings is 1. The van der Waals surface area contributed by atoms with E-state index >= 15 is 0 Å². The van der Waals surface area contributed by atoms with Crippen molar-refractivity contribution in [2.24, 2.45) is 18.7 Å². The summed E-state index contributed by atoms with van der Waals surface area (Å²) in [6, 6.07) is 10.0. The van der Waals surface area contributed by atoms with Crippen LogP contribution in [0.4, 0.5) is 4.39 Å². The molecule has 1 saturated heterocycles. The zero-order chi connectivity index (χ0) is 29.1. The van der Waals surface area contributed by atoms with E-state index in [0.29, 0.717) is 35.9 Å². The number of pyridine rings is 1. The van der Waals surface area contributed by atoms with Crippen molar-refractivity contribution in [1.29, 1.82) is 0 Å². The van der Waals surface area contributed by atoms with E-state index in [1.165, 1.54) is 29.3 Å². The molecule has 1 aliphatic carbocycles. The van der Waals surface area contributed by atoms with E-state index in [1.807, 2.05) is 22.6 Å². The van der Waals surface area contributed by atoms with Crippen molar-refractivity contribution in [2.75, 3.05) is 32.9 Å². The molecule has 9 nitrogen and oxygen atoms in total. The number of nitrogens with two attached hydrogens (primary N) is 1. The molecular weight excluding hydrogens is 533 g/mol. The van der Waals surface area contributed by atoms with E-state index in [4.69, 9.17) is 15.7 Å². The Labute approximate surface area is 244 Å². The normalized spacial score (nSPS) is 18.7. The quantitative estimate of drug-likeness (QED) is 0.361. The molecule has 3 aromatic heterocycles. The number of benzene rings is 1. The number of aromatic nitrogens is 4. The Balaban J connectivity index is 1.30. The summed E-state index contributed by atoms with van der Waals surface area (Å²) in [6.07, 6.45) is 5.00. The third-order valence-corrected chi connectivity index (χ3v) is 9.41. The Bertz CT molecular complexity index is 1700. The molecular formula is C32H38FN7O2. The molecule has 5 heterocycles. The van der Waals surface area contributed by atoms with Crippen LogP contribution >= 0.6 is 0 Å². The van der Waals surface area contributed by atoms with Crippen molar-refractivity contribution in [1.82, 2.24) is 28.9 Å². The van der Waals surface area contributed by atoms with Crippen LogP contribution in [0.3, 0.4) is 0 Å². The molecule has 7 rings (SSSR count). The van der Waals surface area contributed by atoms with Gasteiger partial charge in [0, 0.05) is 58.5 Å². The number of fused-ring (bicyclic) bond motifs is 3. The highest BCUT2D eigenvalue weighted by molar-refractivity contribution is 5.99. The lowest BCUT2D eigenvalue weighted by Gasteiger charge is -2.32. The Kier molecular flexibility index (Phi) is 6.76. The zero-order valence-corrected chi connectivity index (χ0v) is 24.4. The number of halogens is 1. The summed E-state index contributed by atoms with van der Waals surface area (Å²) in [5.41, 5.74) is 12.2. The van der Waals surface area contributed by atoms with E-state index in [2.05, 4.69) is 28.8 Å². The Hall–Kier alpha value is -3.79. The lowest BCUT2D eigenvalue weighted by molar-refractivity contribution is -0.129. The first kappa shape index (κ1) is 27.1. The minimum Gasteiger partial charge on any atom is -0.343 e. The minimum atomic E-state index is -0.686. The smallest absolute Gasteiger partial charge is 0.255 e. The number of aryl methyl sites for hydroxylation is 1. The van der Waals surface area contributed by atoms with Gasteiger partial charge in [-0.3, -0.25) is 9.59 Å². The number of hydrogen-bond acceptors (Lipinski definition) is 5. The molecule has 2 N–H and O–H groups in total. The van der Waals surface area contributed by atoms with Gasteiger partial charge in [-0.25, -0.2) is 14.4 Å². The highest BCUT2D eigenvalue weighted by Gasteiger charge is 2.31. The van der Waals surface area contributed by atoms with E-state index < -0.39 is 12.7 Å². The summed E-state index contributed by atoms with van der Waals surface area (Å²) in [5, 5.41) is 1.20. The van der Waals surface area contributed by atoms with Crippen LogP contribution in [0.1, 0.15) is 60.1 Å². The summed E-state index contributed by atoms with van der Waals surface area (Å²) in [6.45, 7) is 4.20. The average molecular weight is 572 g/mol. The summed E-state index contributed by atoms with van der Waals surface area (Å²) in [4.78, 5) is 38.8. The first-order valence-electron chi connectivity index (χ1n) is 15.2. The molecule has 0 spiro atoms. The molecule has 2 fully saturated rings. The predicted octanol–water partition coefficient (Wildman–Crippen LogP) is 4.02. The summed E-state index contributed by atoms with van der Waals surface area (Å²) in [7, 11) is 2.00. The second-order valence-corrected chi connectivity index (χ2v) is 12.4. The maximum Gasteiger partial charge on any atom is 0.255 e. The molecule has 2 amide bonds. The summed E-state index contributed by atoms with van der Waals surface area (Å²) >= 11 is 0. The van der Waals surface area contributed by atoms with Crippen LogP contribution in [-0.4, -0.2) is 79.6 Å². The number of hydrogen-bond donors (Lipinski definition) is 1. The van der Waals surface area contributed by atoms with Gasteiger partial charge in [0.05, 0.1) is 28.5 Å². The number of amides is 2. The maximum absolute atomic E-state index is 13.3. The van der Waals surface area contributed by atoms with Crippen LogP contribution in [0.15, 0.2) is 30.3 Å². The van der Waals surface area contributed by atoms with Gasteiger partial charge in [0.15, 0.2) is 11.5 Å². The topological polar surface area (TPSA) is 102 Å². The maximum atomic E-state index is 13.3. The Morgan fingerprint density at radius 1 is 1.12 bits per heavy atom. The van der Waals surface area contributed by atoms with Gasteiger partial charge < -0.3 is 24.7 Å². The van der Waals surface area contributed by atoms with Crippen LogP contribution in [-0.2, 0) is 24.8 Å². The first-order valence-corrected chi connectivity index (χ1v) is 15.2. The molecule has 2 aliphatic heterocycles. The lowest BCUT2D eigenvalue weighted by atomic mass is 9.88. The van der Waals surface area contributed by atoms with Gasteiger partial charge in [-0.05, 0) is 55.2 Å². The fourth-order valence-electron chi connectivity index (χ4n) is 6.89. The van der Waals surface area contributed by atoms with Gasteiger partial charge in [0.2, 0.25) is 5.91 Å². The predicted molar refractivity (Wildman–Crippen MR) is 160 cm³/mol. The molecule has 42 heavy (non-hydrogen) atoms. The van der Waals surface area contributed by atoms with E-state index in [0.717, 1.165) is 55.3 Å². The van der Waals surface area contributed by atoms with Gasteiger partial charge in [-0.2, -0.15) is 0 Å². The number of carbonyl (C=O) groups is 2. The highest BCUT2D eigenvalue weighted by atomic mass is 19.1. The molecule has 1 aromatic carbocycles. The lowest BCUT2D eigenvalue weighted by Crippen LogP contribution is -2.45. The van der Waals surface area contributed by atoms with Crippen LogP contribution < -0.4 is 5.73 Å². The molecule has 220 valence electrons. The fraction of sp³-hybridized carbons (Fsp3) is 0.500. The molecule has 4 aromatic rings. The van der Waals surface area contributed by atoms with E-state index in [-0.39, 0.29) is 18.4 Å². The first-order chi connectivity index (χ1) is 20.3. The number of nitrogens with zero attached hydrogens (tertiary/aromatic N) is 6. The second-order valence-electron chi connectivity index (χ2n) is 12.4. The van der Waals surface area contributed by atoms with Crippen LogP contribution in [0, 0.1) is 5.92 Å². The van der Waals surface area contributed by atoms with Crippen LogP contribution in [0.5, 0.6) is 0 Å². The van der Waals surface area contributed by atoms with Crippen LogP contribution in [0.25, 0.3) is 33.6 Å². The molecule has 0 radical (unpaired) electrons. The molecule has 10 heteroatoms. The molecule has 1 atom stereocenters. The average Bonchev–Trinajstić information content (AvgIpc) is 3.67. The SMILES string of the molecule is CC(=O)N1CCC(c2cccc3cc(-c4nc5cc6c(nc5n4C)CCN(CC(N)CF)C6=O)n(CC4CC4)c23)CC1. The fourth-order valence-corrected chi connectivity index (χ4v) is 6.89. The van der Waals surface area contributed by atoms with Gasteiger partial charge >= 0.3 is 0 Å². The number of likely N-dealkylation sites (tertiary alicyclic amines) is 1. The van der Waals surface area contributed by atoms with Crippen molar-refractivity contribution in [3.63, 3.8) is 0 Å². The third kappa shape index (κ3) is 4.65. The van der Waals surface area contributed by atoms with Crippen molar-refractivity contribution in [3.8, 4) is 11.5 Å². The number of carbonyl (C=O) groups excluding carboxylic acids is 2. The molecule has 0 bridgehead atoms. The Morgan fingerprint density at radius 3 is 2.62 bits per heavy atom. The molecule has 3 aliphatic rings. The minimum absolute atomic E-state index is 0.154. The third-order valence-electron chi connectivity index (χ3n) is 9.41. The Morgan fingerprint density at radius 2 is 1.90 bits per heavy atom. The number of para-hydroxylation sites is 1. The van der Waals surface area contributed by atoms with Gasteiger partial charge in [0.1, 0.15) is 12.2 Å². The molecule has 1 saturated carbocycles. The van der Waals surface area contributed by atoms with Crippen molar-refractivity contribution in [3.05, 3.63) is 47.2 Å². The van der Waals surface area contributed by atoms with Crippen molar-refractivity contribution in [2.45, 2.75) is 57.5 Å². The number of piperidine rings is 1. The van der Waals surface area contributed by atoms with Crippen molar-refractivity contribution < 1.29 is 14.0 Å². The van der Waals surface area contributed by atoms with E-state index in [1.54, 1.807) is 11.8 Å². The monoisotopic (exact) mass is 571 g/mol. The largest absolute Gasteiger partial charge is 0.343 e. The van der Waals surface area contributed by atoms with Gasteiger partial charge in [-0.1, -0.05) is 18.2 Å². The number of rotatable bonds is 7. The second kappa shape index (κ2) is 10.5. The highest BCUT2D eigenvalue weighted by Crippen LogP contribution is 2.40. The number of alkyl halides is 1. The van der Waals surface area contributed by atoms with Gasteiger partial charge in [-0.15, -0.1) is 0 Å². The standard InChI is InChI=1S/C32H38FN7O2/c1-19(41)38-11-8-21(9-12-38)24-5-3-4-22-14-28(40(29(22)24)17-20-6-7-20)31-36-27-15-25-26(35-30(27)37(31)2)10-13-39(32(25)42)18-23(34)16-33/h3-5,14-15,20-21,23H,6-13,16-18,34H2,1-2H3. The summed E-state index contributed by atoms with van der Waals surface area (Å²) < 4.78 is 17.6. The van der Waals surface area contributed by atoms with Gasteiger partial charge in [0.25, 0.3) is 5.91 Å². The zero-order valence-electron chi connectivity index (χ0n) is 24.4. The van der Waals surface area contributed by atoms with Crippen LogP contribution in [0.2, 0.25) is 0 Å². The van der Waals surface area contributed by atoms with E-state index in [9.17, 15) is 14.0 Å².